The number of hydrogen-bond donors (Lipinski definition) is 1. The van der Waals surface area contributed by atoms with Crippen LogP contribution in [-0.2, 0) is 32.5 Å². The van der Waals surface area contributed by atoms with Gasteiger partial charge in [0.05, 0.1) is 18.1 Å². The third kappa shape index (κ3) is 5.45. The number of hydrogen-bond acceptors (Lipinski definition) is 5. The summed E-state index contributed by atoms with van der Waals surface area (Å²) in [5.41, 5.74) is 1.84. The van der Waals surface area contributed by atoms with Crippen molar-refractivity contribution in [3.63, 3.8) is 0 Å². The van der Waals surface area contributed by atoms with Gasteiger partial charge < -0.3 is 14.5 Å². The Bertz CT molecular complexity index is 1130. The number of nitrogens with zero attached hydrogens (tertiary/aromatic N) is 1. The van der Waals surface area contributed by atoms with Crippen molar-refractivity contribution in [1.82, 2.24) is 9.62 Å². The second kappa shape index (κ2) is 10.1. The fraction of sp³-hybridized carbons (Fsp3) is 0.292. The predicted molar refractivity (Wildman–Crippen MR) is 120 cm³/mol. The molecule has 0 atom stereocenters. The summed E-state index contributed by atoms with van der Waals surface area (Å²) >= 11 is 0. The van der Waals surface area contributed by atoms with Gasteiger partial charge in [0.2, 0.25) is 15.9 Å². The van der Waals surface area contributed by atoms with Crippen molar-refractivity contribution >= 4 is 15.9 Å². The first kappa shape index (κ1) is 22.3. The number of carbonyl (C=O) groups is 1. The van der Waals surface area contributed by atoms with E-state index < -0.39 is 10.0 Å². The van der Waals surface area contributed by atoms with Gasteiger partial charge in [-0.25, -0.2) is 8.42 Å². The molecule has 1 saturated heterocycles. The molecule has 0 saturated carbocycles. The highest BCUT2D eigenvalue weighted by atomic mass is 32.2. The Kier molecular flexibility index (Phi) is 7.04. The molecule has 32 heavy (non-hydrogen) atoms. The number of aryl methyl sites for hydroxylation is 1. The number of ether oxygens (including phenoxy) is 1. The third-order valence-electron chi connectivity index (χ3n) is 5.34. The Hall–Kier alpha value is -2.94. The zero-order valence-electron chi connectivity index (χ0n) is 17.7. The van der Waals surface area contributed by atoms with Crippen LogP contribution in [0.4, 0.5) is 0 Å². The Morgan fingerprint density at radius 1 is 0.938 bits per heavy atom. The molecule has 7 nitrogen and oxygen atoms in total. The van der Waals surface area contributed by atoms with Crippen LogP contribution >= 0.6 is 0 Å². The van der Waals surface area contributed by atoms with E-state index in [0.717, 1.165) is 22.6 Å². The van der Waals surface area contributed by atoms with Crippen molar-refractivity contribution in [3.05, 3.63) is 78.1 Å². The molecule has 1 aliphatic heterocycles. The van der Waals surface area contributed by atoms with E-state index in [1.165, 1.54) is 4.31 Å². The molecule has 168 valence electrons. The van der Waals surface area contributed by atoms with E-state index in [0.29, 0.717) is 45.7 Å². The van der Waals surface area contributed by atoms with E-state index >= 15 is 0 Å². The Balaban J connectivity index is 1.26. The molecule has 1 aliphatic rings. The smallest absolute Gasteiger partial charge is 0.243 e. The molecule has 1 fully saturated rings. The van der Waals surface area contributed by atoms with Crippen LogP contribution in [0.25, 0.3) is 11.3 Å². The first-order chi connectivity index (χ1) is 15.5. The first-order valence-electron chi connectivity index (χ1n) is 10.6. The summed E-state index contributed by atoms with van der Waals surface area (Å²) < 4.78 is 37.8. The minimum atomic E-state index is -3.51. The Labute approximate surface area is 188 Å². The van der Waals surface area contributed by atoms with Crippen LogP contribution in [-0.4, -0.2) is 44.9 Å². The average Bonchev–Trinajstić information content (AvgIpc) is 3.32. The summed E-state index contributed by atoms with van der Waals surface area (Å²) in [6.07, 6.45) is 0.820. The lowest BCUT2D eigenvalue weighted by molar-refractivity contribution is -0.121. The van der Waals surface area contributed by atoms with E-state index in [2.05, 4.69) is 5.32 Å². The molecule has 0 spiro atoms. The fourth-order valence-corrected chi connectivity index (χ4v) is 4.92. The lowest BCUT2D eigenvalue weighted by Gasteiger charge is -2.26. The second-order valence-corrected chi connectivity index (χ2v) is 9.51. The molecular weight excluding hydrogens is 428 g/mol. The van der Waals surface area contributed by atoms with Gasteiger partial charge >= 0.3 is 0 Å². The molecule has 4 rings (SSSR count). The Morgan fingerprint density at radius 2 is 1.66 bits per heavy atom. The highest BCUT2D eigenvalue weighted by Gasteiger charge is 2.26. The van der Waals surface area contributed by atoms with Crippen molar-refractivity contribution in [2.75, 3.05) is 26.3 Å². The number of furan rings is 1. The van der Waals surface area contributed by atoms with Gasteiger partial charge in [0.15, 0.2) is 0 Å². The van der Waals surface area contributed by atoms with Crippen molar-refractivity contribution in [3.8, 4) is 11.3 Å². The number of rotatable bonds is 8. The van der Waals surface area contributed by atoms with Gasteiger partial charge in [-0.1, -0.05) is 42.5 Å². The van der Waals surface area contributed by atoms with Crippen LogP contribution in [0.5, 0.6) is 0 Å². The molecule has 2 heterocycles. The van der Waals surface area contributed by atoms with Gasteiger partial charge in [-0.3, -0.25) is 4.79 Å². The van der Waals surface area contributed by atoms with Gasteiger partial charge in [-0.15, -0.1) is 0 Å². The van der Waals surface area contributed by atoms with Gasteiger partial charge in [-0.05, 0) is 29.8 Å². The lowest BCUT2D eigenvalue weighted by Crippen LogP contribution is -2.40. The van der Waals surface area contributed by atoms with E-state index in [9.17, 15) is 13.2 Å². The molecule has 2 aromatic carbocycles. The standard InChI is InChI=1S/C24H26N2O5S/c27-24(13-9-21-8-12-23(31-21)20-4-2-1-3-5-20)25-18-19-6-10-22(11-7-19)32(28,29)26-14-16-30-17-15-26/h1-8,10-12H,9,13-18H2,(H,25,27). The van der Waals surface area contributed by atoms with Crippen LogP contribution in [0.3, 0.4) is 0 Å². The topological polar surface area (TPSA) is 88.8 Å². The van der Waals surface area contributed by atoms with E-state index in [1.54, 1.807) is 24.3 Å². The van der Waals surface area contributed by atoms with Crippen LogP contribution in [0, 0.1) is 0 Å². The van der Waals surface area contributed by atoms with Crippen molar-refractivity contribution in [2.45, 2.75) is 24.3 Å². The number of amides is 1. The van der Waals surface area contributed by atoms with Crippen LogP contribution in [0.1, 0.15) is 17.7 Å². The number of sulfonamides is 1. The maximum atomic E-state index is 12.7. The zero-order chi connectivity index (χ0) is 22.4. The van der Waals surface area contributed by atoms with Crippen molar-refractivity contribution in [2.24, 2.45) is 0 Å². The molecule has 0 radical (unpaired) electrons. The highest BCUT2D eigenvalue weighted by molar-refractivity contribution is 7.89. The molecule has 0 bridgehead atoms. The molecule has 0 aliphatic carbocycles. The van der Waals surface area contributed by atoms with Gasteiger partial charge in [0, 0.05) is 38.0 Å². The SMILES string of the molecule is O=C(CCc1ccc(-c2ccccc2)o1)NCc1ccc(S(=O)(=O)N2CCOCC2)cc1. The summed E-state index contributed by atoms with van der Waals surface area (Å²) in [7, 11) is -3.51. The maximum absolute atomic E-state index is 12.7. The lowest BCUT2D eigenvalue weighted by atomic mass is 10.2. The molecule has 8 heteroatoms. The molecule has 0 unspecified atom stereocenters. The van der Waals surface area contributed by atoms with Crippen molar-refractivity contribution < 1.29 is 22.4 Å². The summed E-state index contributed by atoms with van der Waals surface area (Å²) in [6.45, 7) is 1.89. The molecule has 1 N–H and O–H groups in total. The quantitative estimate of drug-likeness (QED) is 0.565. The normalized spacial score (nSPS) is 14.9. The van der Waals surface area contributed by atoms with Gasteiger partial charge in [0.25, 0.3) is 0 Å². The summed E-state index contributed by atoms with van der Waals surface area (Å²) in [4.78, 5) is 12.5. The molecule has 3 aromatic rings. The van der Waals surface area contributed by atoms with E-state index in [1.807, 2.05) is 42.5 Å². The maximum Gasteiger partial charge on any atom is 0.243 e. The van der Waals surface area contributed by atoms with Crippen LogP contribution in [0.15, 0.2) is 76.0 Å². The number of morpholine rings is 1. The number of nitrogens with one attached hydrogen (secondary N) is 1. The minimum Gasteiger partial charge on any atom is -0.461 e. The molecule has 1 amide bonds. The van der Waals surface area contributed by atoms with Crippen LogP contribution < -0.4 is 5.32 Å². The van der Waals surface area contributed by atoms with E-state index in [-0.39, 0.29) is 10.8 Å². The summed E-state index contributed by atoms with van der Waals surface area (Å²) in [5, 5.41) is 2.87. The highest BCUT2D eigenvalue weighted by Crippen LogP contribution is 2.22. The summed E-state index contributed by atoms with van der Waals surface area (Å²) in [5.74, 6) is 1.46. The number of carbonyl (C=O) groups excluding carboxylic acids is 1. The molecular formula is C24H26N2O5S. The first-order valence-corrected chi connectivity index (χ1v) is 12.0. The average molecular weight is 455 g/mol. The monoisotopic (exact) mass is 454 g/mol. The third-order valence-corrected chi connectivity index (χ3v) is 7.25. The number of benzene rings is 2. The largest absolute Gasteiger partial charge is 0.461 e. The van der Waals surface area contributed by atoms with Crippen LogP contribution in [0.2, 0.25) is 0 Å². The fourth-order valence-electron chi connectivity index (χ4n) is 3.51. The van der Waals surface area contributed by atoms with Gasteiger partial charge in [-0.2, -0.15) is 4.31 Å². The molecule has 1 aromatic heterocycles. The minimum absolute atomic E-state index is 0.0901. The predicted octanol–water partition coefficient (Wildman–Crippen LogP) is 3.22. The second-order valence-electron chi connectivity index (χ2n) is 7.57. The Morgan fingerprint density at radius 3 is 2.38 bits per heavy atom. The van der Waals surface area contributed by atoms with E-state index in [4.69, 9.17) is 9.15 Å². The van der Waals surface area contributed by atoms with Crippen molar-refractivity contribution in [1.29, 1.82) is 0 Å². The summed E-state index contributed by atoms with van der Waals surface area (Å²) in [6, 6.07) is 20.2. The zero-order valence-corrected chi connectivity index (χ0v) is 18.5. The van der Waals surface area contributed by atoms with Gasteiger partial charge in [0.1, 0.15) is 11.5 Å².